The van der Waals surface area contributed by atoms with Gasteiger partial charge in [-0.05, 0) is 62.8 Å². The van der Waals surface area contributed by atoms with E-state index in [4.69, 9.17) is 0 Å². The van der Waals surface area contributed by atoms with Crippen LogP contribution in [0.3, 0.4) is 0 Å². The number of Topliss-reactive ketones (excluding diaryl/α,β-unsaturated/α-hetero) is 1. The highest BCUT2D eigenvalue weighted by atomic mass is 16.3. The maximum atomic E-state index is 12.8. The predicted octanol–water partition coefficient (Wildman–Crippen LogP) is 4.50. The summed E-state index contributed by atoms with van der Waals surface area (Å²) in [6.45, 7) is 12.1. The van der Waals surface area contributed by atoms with E-state index < -0.39 is 0 Å². The van der Waals surface area contributed by atoms with Crippen molar-refractivity contribution in [1.29, 1.82) is 0 Å². The summed E-state index contributed by atoms with van der Waals surface area (Å²) in [5.74, 6) is -0.0574. The van der Waals surface area contributed by atoms with Crippen molar-refractivity contribution in [3.8, 4) is 0 Å². The van der Waals surface area contributed by atoms with E-state index in [0.717, 1.165) is 46.7 Å². The fourth-order valence-electron chi connectivity index (χ4n) is 3.92. The highest BCUT2D eigenvalue weighted by Gasteiger charge is 2.40. The second-order valence-electron chi connectivity index (χ2n) is 6.51. The van der Waals surface area contributed by atoms with E-state index in [1.807, 2.05) is 27.7 Å². The molecule has 24 heavy (non-hydrogen) atoms. The minimum atomic E-state index is -0.122. The van der Waals surface area contributed by atoms with Crippen LogP contribution in [0.1, 0.15) is 56.6 Å². The number of aryl methyl sites for hydroxylation is 1. The fourth-order valence-corrected chi connectivity index (χ4v) is 3.92. The van der Waals surface area contributed by atoms with Crippen molar-refractivity contribution in [2.75, 3.05) is 0 Å². The van der Waals surface area contributed by atoms with E-state index in [2.05, 4.69) is 23.8 Å². The molecule has 2 aliphatic rings. The topological polar surface area (TPSA) is 65.5 Å². The lowest BCUT2D eigenvalue weighted by atomic mass is 9.82. The van der Waals surface area contributed by atoms with Gasteiger partial charge in [-0.15, -0.1) is 0 Å². The zero-order chi connectivity index (χ0) is 17.8. The normalized spacial score (nSPS) is 20.9. The number of aromatic nitrogens is 1. The first-order valence-electron chi connectivity index (χ1n) is 8.50. The Labute approximate surface area is 142 Å². The lowest BCUT2D eigenvalue weighted by Crippen LogP contribution is -2.23. The van der Waals surface area contributed by atoms with Gasteiger partial charge in [0, 0.05) is 11.4 Å². The molecular weight excluding hydrogens is 300 g/mol. The van der Waals surface area contributed by atoms with Crippen molar-refractivity contribution in [3.63, 3.8) is 0 Å². The van der Waals surface area contributed by atoms with Crippen LogP contribution in [-0.2, 0) is 11.2 Å². The molecule has 1 aromatic heterocycles. The molecule has 0 spiro atoms. The van der Waals surface area contributed by atoms with Crippen molar-refractivity contribution in [3.05, 3.63) is 50.7 Å². The predicted molar refractivity (Wildman–Crippen MR) is 97.3 cm³/mol. The van der Waals surface area contributed by atoms with Crippen molar-refractivity contribution in [2.24, 2.45) is 4.99 Å². The maximum Gasteiger partial charge on any atom is 0.204 e. The number of H-pyrrole nitrogens is 1. The summed E-state index contributed by atoms with van der Waals surface area (Å²) in [6.07, 6.45) is 1.77. The third-order valence-corrected chi connectivity index (χ3v) is 5.24. The fraction of sp³-hybridized carbons (Fsp3) is 0.400. The van der Waals surface area contributed by atoms with Crippen molar-refractivity contribution in [1.82, 2.24) is 4.98 Å². The van der Waals surface area contributed by atoms with Gasteiger partial charge in [0.1, 0.15) is 5.76 Å². The van der Waals surface area contributed by atoms with Gasteiger partial charge in [0.05, 0.1) is 22.5 Å². The van der Waals surface area contributed by atoms with E-state index in [-0.39, 0.29) is 11.5 Å². The molecule has 2 heterocycles. The molecule has 0 fully saturated rings. The summed E-state index contributed by atoms with van der Waals surface area (Å²) in [5.41, 5.74) is 8.52. The summed E-state index contributed by atoms with van der Waals surface area (Å²) < 4.78 is 0. The molecule has 3 rings (SSSR count). The lowest BCUT2D eigenvalue weighted by Gasteiger charge is -2.22. The molecule has 0 aromatic carbocycles. The Kier molecular flexibility index (Phi) is 3.86. The maximum absolute atomic E-state index is 12.8. The minimum Gasteiger partial charge on any atom is -0.506 e. The molecule has 0 atom stereocenters. The number of carbonyl (C=O) groups excluding carboxylic acids is 1. The third-order valence-electron chi connectivity index (χ3n) is 5.24. The van der Waals surface area contributed by atoms with Crippen LogP contribution in [0.2, 0.25) is 0 Å². The summed E-state index contributed by atoms with van der Waals surface area (Å²) in [6, 6.07) is 0. The van der Waals surface area contributed by atoms with Crippen LogP contribution >= 0.6 is 0 Å². The lowest BCUT2D eigenvalue weighted by molar-refractivity contribution is -0.111. The van der Waals surface area contributed by atoms with Crippen LogP contribution in [0.25, 0.3) is 5.57 Å². The molecule has 0 bridgehead atoms. The average Bonchev–Trinajstić information content (AvgIpc) is 2.96. The zero-order valence-electron chi connectivity index (χ0n) is 15.2. The van der Waals surface area contributed by atoms with Gasteiger partial charge in [-0.25, -0.2) is 0 Å². The number of carbonyl (C=O) groups is 1. The number of allylic oxidation sites excluding steroid dienone is 4. The Bertz CT molecular complexity index is 889. The quantitative estimate of drug-likeness (QED) is 0.804. The van der Waals surface area contributed by atoms with Crippen LogP contribution in [0, 0.1) is 13.8 Å². The first kappa shape index (κ1) is 16.5. The smallest absolute Gasteiger partial charge is 0.204 e. The molecule has 126 valence electrons. The Morgan fingerprint density at radius 1 is 1.04 bits per heavy atom. The van der Waals surface area contributed by atoms with Gasteiger partial charge in [-0.2, -0.15) is 0 Å². The number of aliphatic hydroxyl groups is 1. The number of aromatic amines is 1. The summed E-state index contributed by atoms with van der Waals surface area (Å²) >= 11 is 0. The Hall–Kier alpha value is -2.36. The van der Waals surface area contributed by atoms with E-state index in [1.165, 1.54) is 5.56 Å². The van der Waals surface area contributed by atoms with Gasteiger partial charge >= 0.3 is 0 Å². The van der Waals surface area contributed by atoms with E-state index in [0.29, 0.717) is 16.8 Å². The van der Waals surface area contributed by atoms with Gasteiger partial charge in [-0.3, -0.25) is 9.79 Å². The Balaban J connectivity index is 2.15. The average molecular weight is 324 g/mol. The highest BCUT2D eigenvalue weighted by Crippen LogP contribution is 2.43. The van der Waals surface area contributed by atoms with Gasteiger partial charge in [0.2, 0.25) is 5.78 Å². The number of aliphatic imine (C=N–C) groups is 1. The minimum absolute atomic E-state index is 0.0651. The second-order valence-corrected chi connectivity index (χ2v) is 6.51. The molecule has 1 aromatic rings. The van der Waals surface area contributed by atoms with Crippen LogP contribution in [0.15, 0.2) is 33.2 Å². The number of ketones is 1. The second kappa shape index (κ2) is 5.62. The summed E-state index contributed by atoms with van der Waals surface area (Å²) in [5, 5.41) is 10.6. The van der Waals surface area contributed by atoms with Crippen molar-refractivity contribution < 1.29 is 9.90 Å². The molecule has 4 heteroatoms. The van der Waals surface area contributed by atoms with Crippen LogP contribution in [-0.4, -0.2) is 21.6 Å². The molecule has 1 aliphatic heterocycles. The number of hydrogen-bond acceptors (Lipinski definition) is 3. The number of nitrogens with one attached hydrogen (secondary N) is 1. The molecule has 2 N–H and O–H groups in total. The zero-order valence-corrected chi connectivity index (χ0v) is 15.2. The summed E-state index contributed by atoms with van der Waals surface area (Å²) in [7, 11) is 0. The highest BCUT2D eigenvalue weighted by molar-refractivity contribution is 6.39. The number of rotatable bonds is 3. The van der Waals surface area contributed by atoms with Gasteiger partial charge in [0.25, 0.3) is 0 Å². The van der Waals surface area contributed by atoms with Crippen LogP contribution < -0.4 is 0 Å². The van der Waals surface area contributed by atoms with E-state index in [9.17, 15) is 9.90 Å². The largest absolute Gasteiger partial charge is 0.506 e. The monoisotopic (exact) mass is 324 g/mol. The van der Waals surface area contributed by atoms with Gasteiger partial charge in [0.15, 0.2) is 0 Å². The standard InChI is InChI=1S/C20H24N2O2/c1-7-13-9(3)17(21-11(13)5)15-19(23)16(20(15)24)18-10(4)14(8-2)12(6)22-18/h21,23H,7-8H2,1-6H3. The third kappa shape index (κ3) is 2.05. The first-order chi connectivity index (χ1) is 11.3. The molecule has 0 saturated heterocycles. The Morgan fingerprint density at radius 2 is 1.71 bits per heavy atom. The van der Waals surface area contributed by atoms with Gasteiger partial charge in [-0.1, -0.05) is 13.8 Å². The van der Waals surface area contributed by atoms with Crippen molar-refractivity contribution in [2.45, 2.75) is 54.4 Å². The Morgan fingerprint density at radius 3 is 2.17 bits per heavy atom. The molecule has 1 aliphatic carbocycles. The van der Waals surface area contributed by atoms with Crippen LogP contribution in [0.5, 0.6) is 0 Å². The number of nitrogens with zero attached hydrogens (tertiary/aromatic N) is 1. The number of aliphatic hydroxyl groups excluding tert-OH is 1. The molecule has 0 unspecified atom stereocenters. The number of hydrogen-bond donors (Lipinski definition) is 2. The molecule has 0 amide bonds. The molecule has 4 nitrogen and oxygen atoms in total. The van der Waals surface area contributed by atoms with E-state index in [1.54, 1.807) is 0 Å². The van der Waals surface area contributed by atoms with Crippen LogP contribution in [0.4, 0.5) is 0 Å². The molecule has 0 saturated carbocycles. The first-order valence-corrected chi connectivity index (χ1v) is 8.50. The van der Waals surface area contributed by atoms with Gasteiger partial charge < -0.3 is 10.1 Å². The molecule has 0 radical (unpaired) electrons. The SMILES string of the molecule is CCC1=C(C)C(=C2C(=O)C(c3[nH]c(C)c(CC)c3C)=C2O)N=C1C. The summed E-state index contributed by atoms with van der Waals surface area (Å²) in [4.78, 5) is 20.6. The molecular formula is C20H24N2O2. The van der Waals surface area contributed by atoms with E-state index >= 15 is 0 Å². The van der Waals surface area contributed by atoms with Crippen molar-refractivity contribution >= 4 is 17.1 Å².